The number of hydrogen-bond donors (Lipinski definition) is 1. The minimum atomic E-state index is -0.00182. The summed E-state index contributed by atoms with van der Waals surface area (Å²) in [5.41, 5.74) is 0. The molecule has 0 rings (SSSR count). The van der Waals surface area contributed by atoms with Crippen molar-refractivity contribution in [3.63, 3.8) is 0 Å². The molecule has 1 amide bonds. The van der Waals surface area contributed by atoms with Gasteiger partial charge in [0.05, 0.1) is 0 Å². The van der Waals surface area contributed by atoms with Crippen LogP contribution >= 0.6 is 15.9 Å². The molecule has 0 aliphatic carbocycles. The van der Waals surface area contributed by atoms with Crippen LogP contribution in [0.2, 0.25) is 0 Å². The van der Waals surface area contributed by atoms with E-state index in [0.717, 1.165) is 19.4 Å². The third-order valence-corrected chi connectivity index (χ3v) is 2.08. The topological polar surface area (TPSA) is 29.1 Å². The Kier molecular flexibility index (Phi) is 10.1. The molecular weight excluding hydrogens is 266 g/mol. The van der Waals surface area contributed by atoms with E-state index in [-0.39, 0.29) is 5.91 Å². The Hall–Kier alpha value is -0.830. The Labute approximate surface area is 107 Å². The van der Waals surface area contributed by atoms with Crippen LogP contribution in [0.3, 0.4) is 0 Å². The molecule has 0 aromatic carbocycles. The molecule has 0 unspecified atom stereocenters. The molecule has 16 heavy (non-hydrogen) atoms. The molecule has 1 N–H and O–H groups in total. The third kappa shape index (κ3) is 11.2. The summed E-state index contributed by atoms with van der Waals surface area (Å²) in [7, 11) is 0. The summed E-state index contributed by atoms with van der Waals surface area (Å²) in [6, 6.07) is 0. The molecule has 0 aliphatic rings. The van der Waals surface area contributed by atoms with E-state index in [2.05, 4.69) is 41.2 Å². The Bertz CT molecular complexity index is 267. The molecule has 0 radical (unpaired) electrons. The third-order valence-electron chi connectivity index (χ3n) is 1.77. The van der Waals surface area contributed by atoms with Gasteiger partial charge < -0.3 is 5.32 Å². The Morgan fingerprint density at radius 3 is 2.56 bits per heavy atom. The molecule has 0 saturated carbocycles. The summed E-state index contributed by atoms with van der Waals surface area (Å²) in [4.78, 5) is 13.1. The zero-order chi connectivity index (χ0) is 12.2. The van der Waals surface area contributed by atoms with Crippen LogP contribution in [0.4, 0.5) is 0 Å². The van der Waals surface area contributed by atoms with Crippen LogP contribution in [0.15, 0.2) is 35.4 Å². The number of unbranched alkanes of at least 4 members (excludes halogenated alkanes) is 1. The second kappa shape index (κ2) is 10.7. The van der Waals surface area contributed by atoms with Crippen molar-refractivity contribution in [1.29, 1.82) is 0 Å². The fraction of sp³-hybridized carbons (Fsp3) is 0.462. The largest absolute Gasteiger partial charge is 0.352 e. The van der Waals surface area contributed by atoms with Gasteiger partial charge in [-0.05, 0) is 29.8 Å². The van der Waals surface area contributed by atoms with Crippen molar-refractivity contribution >= 4 is 21.8 Å². The number of rotatable bonds is 7. The van der Waals surface area contributed by atoms with E-state index in [4.69, 9.17) is 0 Å². The number of allylic oxidation sites excluding steroid dienone is 4. The average Bonchev–Trinajstić information content (AvgIpc) is 2.25. The number of carbonyl (C=O) groups is 1. The molecule has 0 atom stereocenters. The highest BCUT2D eigenvalue weighted by Gasteiger charge is 1.96. The molecule has 90 valence electrons. The smallest absolute Gasteiger partial charge is 0.243 e. The highest BCUT2D eigenvalue weighted by Crippen LogP contribution is 1.94. The normalized spacial score (nSPS) is 12.2. The van der Waals surface area contributed by atoms with Crippen LogP contribution in [-0.4, -0.2) is 12.5 Å². The van der Waals surface area contributed by atoms with E-state index in [1.54, 1.807) is 11.1 Å². The van der Waals surface area contributed by atoms with Gasteiger partial charge in [-0.3, -0.25) is 4.79 Å². The van der Waals surface area contributed by atoms with Gasteiger partial charge in [0.2, 0.25) is 5.91 Å². The van der Waals surface area contributed by atoms with E-state index >= 15 is 0 Å². The molecule has 2 nitrogen and oxygen atoms in total. The average molecular weight is 286 g/mol. The highest BCUT2D eigenvalue weighted by molar-refractivity contribution is 9.11. The minimum absolute atomic E-state index is 0.00182. The van der Waals surface area contributed by atoms with E-state index in [1.165, 1.54) is 0 Å². The van der Waals surface area contributed by atoms with Gasteiger partial charge in [-0.1, -0.05) is 54.1 Å². The van der Waals surface area contributed by atoms with Crippen LogP contribution in [0.25, 0.3) is 0 Å². The molecular formula is C13H20BrNO. The van der Waals surface area contributed by atoms with Gasteiger partial charge in [0.25, 0.3) is 0 Å². The molecule has 0 aromatic heterocycles. The van der Waals surface area contributed by atoms with Crippen molar-refractivity contribution < 1.29 is 4.79 Å². The quantitative estimate of drug-likeness (QED) is 0.433. The summed E-state index contributed by atoms with van der Waals surface area (Å²) >= 11 is 3.18. The summed E-state index contributed by atoms with van der Waals surface area (Å²) in [6.45, 7) is 4.89. The van der Waals surface area contributed by atoms with E-state index in [9.17, 15) is 4.79 Å². The first-order valence-corrected chi connectivity index (χ1v) is 6.44. The van der Waals surface area contributed by atoms with Crippen molar-refractivity contribution in [2.75, 3.05) is 6.54 Å². The maximum atomic E-state index is 11.2. The number of amides is 1. The first-order chi connectivity index (χ1) is 7.66. The van der Waals surface area contributed by atoms with Crippen molar-refractivity contribution in [2.45, 2.75) is 26.7 Å². The predicted molar refractivity (Wildman–Crippen MR) is 73.4 cm³/mol. The summed E-state index contributed by atoms with van der Waals surface area (Å²) in [5.74, 6) is 0.495. The number of carbonyl (C=O) groups excluding carboxylic acids is 1. The lowest BCUT2D eigenvalue weighted by molar-refractivity contribution is -0.116. The van der Waals surface area contributed by atoms with Gasteiger partial charge in [-0.15, -0.1) is 0 Å². The van der Waals surface area contributed by atoms with Crippen molar-refractivity contribution in [3.8, 4) is 0 Å². The van der Waals surface area contributed by atoms with E-state index in [1.807, 2.05) is 18.2 Å². The Morgan fingerprint density at radius 2 is 1.94 bits per heavy atom. The number of halogens is 1. The first kappa shape index (κ1) is 15.2. The van der Waals surface area contributed by atoms with E-state index < -0.39 is 0 Å². The maximum absolute atomic E-state index is 11.2. The van der Waals surface area contributed by atoms with Crippen LogP contribution in [0, 0.1) is 5.92 Å². The zero-order valence-electron chi connectivity index (χ0n) is 9.95. The van der Waals surface area contributed by atoms with Gasteiger partial charge in [-0.2, -0.15) is 0 Å². The van der Waals surface area contributed by atoms with Crippen LogP contribution in [0.1, 0.15) is 26.7 Å². The molecule has 0 saturated heterocycles. The van der Waals surface area contributed by atoms with Gasteiger partial charge in [-0.25, -0.2) is 0 Å². The summed E-state index contributed by atoms with van der Waals surface area (Å²) < 4.78 is 0. The lowest BCUT2D eigenvalue weighted by Gasteiger charge is -2.03. The SMILES string of the molecule is CC(C)CNC(=O)/C=C/CC/C=C\C=C\Br. The summed E-state index contributed by atoms with van der Waals surface area (Å²) in [6.07, 6.45) is 11.3. The monoisotopic (exact) mass is 285 g/mol. The highest BCUT2D eigenvalue weighted by atomic mass is 79.9. The van der Waals surface area contributed by atoms with Gasteiger partial charge in [0, 0.05) is 6.54 Å². The van der Waals surface area contributed by atoms with Gasteiger partial charge >= 0.3 is 0 Å². The molecule has 0 spiro atoms. The zero-order valence-corrected chi connectivity index (χ0v) is 11.5. The molecule has 0 aliphatic heterocycles. The lowest BCUT2D eigenvalue weighted by atomic mass is 10.2. The standard InChI is InChI=1S/C13H20BrNO/c1-12(2)11-15-13(16)9-7-5-3-4-6-8-10-14/h4,6-10,12H,3,5,11H2,1-2H3,(H,15,16)/b6-4-,9-7+,10-8+. The van der Waals surface area contributed by atoms with Crippen molar-refractivity contribution in [1.82, 2.24) is 5.32 Å². The molecule has 0 heterocycles. The Morgan fingerprint density at radius 1 is 1.25 bits per heavy atom. The molecule has 0 aromatic rings. The van der Waals surface area contributed by atoms with Crippen LogP contribution in [0.5, 0.6) is 0 Å². The van der Waals surface area contributed by atoms with Crippen LogP contribution < -0.4 is 5.32 Å². The van der Waals surface area contributed by atoms with Gasteiger partial charge in [0.15, 0.2) is 0 Å². The summed E-state index contributed by atoms with van der Waals surface area (Å²) in [5, 5.41) is 2.83. The first-order valence-electron chi connectivity index (χ1n) is 5.53. The van der Waals surface area contributed by atoms with Crippen molar-refractivity contribution in [3.05, 3.63) is 35.4 Å². The molecule has 3 heteroatoms. The molecule has 0 fully saturated rings. The fourth-order valence-electron chi connectivity index (χ4n) is 0.963. The second-order valence-electron chi connectivity index (χ2n) is 3.87. The molecule has 0 bridgehead atoms. The lowest BCUT2D eigenvalue weighted by Crippen LogP contribution is -2.25. The minimum Gasteiger partial charge on any atom is -0.352 e. The Balaban J connectivity index is 3.56. The van der Waals surface area contributed by atoms with Gasteiger partial charge in [0.1, 0.15) is 0 Å². The van der Waals surface area contributed by atoms with Crippen molar-refractivity contribution in [2.24, 2.45) is 5.92 Å². The maximum Gasteiger partial charge on any atom is 0.243 e. The number of hydrogen-bond acceptors (Lipinski definition) is 1. The predicted octanol–water partition coefficient (Wildman–Crippen LogP) is 3.56. The second-order valence-corrected chi connectivity index (χ2v) is 4.39. The number of nitrogens with one attached hydrogen (secondary N) is 1. The van der Waals surface area contributed by atoms with Crippen LogP contribution in [-0.2, 0) is 4.79 Å². The van der Waals surface area contributed by atoms with E-state index in [0.29, 0.717) is 5.92 Å². The fourth-order valence-corrected chi connectivity index (χ4v) is 1.14.